The molecule has 5 rings (SSSR count). The summed E-state index contributed by atoms with van der Waals surface area (Å²) in [7, 11) is 0. The van der Waals surface area contributed by atoms with Crippen molar-refractivity contribution in [2.45, 2.75) is 58.8 Å². The molecule has 0 unspecified atom stereocenters. The Hall–Kier alpha value is -1.84. The third-order valence-corrected chi connectivity index (χ3v) is 7.04. The van der Waals surface area contributed by atoms with Crippen molar-refractivity contribution in [3.05, 3.63) is 29.3 Å². The largest absolute Gasteiger partial charge is 0.455 e. The van der Waals surface area contributed by atoms with E-state index in [2.05, 4.69) is 19.2 Å². The summed E-state index contributed by atoms with van der Waals surface area (Å²) in [4.78, 5) is 25.2. The number of carbonyl (C=O) groups is 2. The maximum absolute atomic E-state index is 12.7. The van der Waals surface area contributed by atoms with Gasteiger partial charge in [0.15, 0.2) is 6.61 Å². The number of carbonyl (C=O) groups excluding carboxylic acids is 2. The van der Waals surface area contributed by atoms with Crippen LogP contribution >= 0.6 is 0 Å². The van der Waals surface area contributed by atoms with Gasteiger partial charge in [-0.05, 0) is 79.7 Å². The molecule has 4 heteroatoms. The van der Waals surface area contributed by atoms with Crippen LogP contribution in [-0.4, -0.2) is 18.5 Å². The molecule has 0 atom stereocenters. The lowest BCUT2D eigenvalue weighted by Crippen LogP contribution is -2.48. The average molecular weight is 370 g/mol. The Balaban J connectivity index is 1.36. The number of aryl methyl sites for hydroxylation is 1. The molecule has 1 amide bonds. The SMILES string of the molecule is Cc1cccc(C(C)C)c1NC(=O)COC(=O)C1C2CC3CC(C2)CC1C3. The standard InChI is InChI=1S/C23H31NO3/c1-13(2)19-6-4-5-14(3)22(19)24-20(25)12-27-23(26)21-17-8-15-7-16(10-17)11-18(21)9-15/h4-6,13,15-18,21H,7-12H2,1-3H3,(H,24,25). The van der Waals surface area contributed by atoms with Crippen LogP contribution in [-0.2, 0) is 14.3 Å². The van der Waals surface area contributed by atoms with Gasteiger partial charge in [-0.3, -0.25) is 9.59 Å². The Labute approximate surface area is 162 Å². The highest BCUT2D eigenvalue weighted by Gasteiger charge is 2.51. The van der Waals surface area contributed by atoms with Crippen LogP contribution in [0.4, 0.5) is 5.69 Å². The van der Waals surface area contributed by atoms with Gasteiger partial charge in [-0.2, -0.15) is 0 Å². The quantitative estimate of drug-likeness (QED) is 0.767. The molecule has 0 heterocycles. The minimum atomic E-state index is -0.247. The maximum Gasteiger partial charge on any atom is 0.310 e. The van der Waals surface area contributed by atoms with Crippen LogP contribution in [0.2, 0.25) is 0 Å². The monoisotopic (exact) mass is 369 g/mol. The summed E-state index contributed by atoms with van der Waals surface area (Å²) in [5.41, 5.74) is 2.99. The molecule has 146 valence electrons. The van der Waals surface area contributed by atoms with Gasteiger partial charge in [0.1, 0.15) is 0 Å². The molecule has 0 aromatic heterocycles. The molecule has 0 spiro atoms. The van der Waals surface area contributed by atoms with Gasteiger partial charge in [-0.25, -0.2) is 0 Å². The van der Waals surface area contributed by atoms with E-state index in [4.69, 9.17) is 4.74 Å². The summed E-state index contributed by atoms with van der Waals surface area (Å²) in [5.74, 6) is 2.58. The number of hydrogen-bond donors (Lipinski definition) is 1. The Morgan fingerprint density at radius 1 is 1.07 bits per heavy atom. The molecule has 4 fully saturated rings. The minimum absolute atomic E-state index is 0.0234. The number of para-hydroxylation sites is 1. The van der Waals surface area contributed by atoms with E-state index < -0.39 is 0 Å². The molecule has 4 bridgehead atoms. The van der Waals surface area contributed by atoms with Crippen LogP contribution in [0.15, 0.2) is 18.2 Å². The summed E-state index contributed by atoms with van der Waals surface area (Å²) >= 11 is 0. The molecule has 0 saturated heterocycles. The molecule has 4 aliphatic carbocycles. The maximum atomic E-state index is 12.7. The van der Waals surface area contributed by atoms with Gasteiger partial charge in [0.05, 0.1) is 5.92 Å². The van der Waals surface area contributed by atoms with E-state index in [-0.39, 0.29) is 24.4 Å². The van der Waals surface area contributed by atoms with Gasteiger partial charge in [0, 0.05) is 5.69 Å². The predicted octanol–water partition coefficient (Wildman–Crippen LogP) is 4.67. The molecule has 4 saturated carbocycles. The van der Waals surface area contributed by atoms with Crippen molar-refractivity contribution in [3.8, 4) is 0 Å². The topological polar surface area (TPSA) is 55.4 Å². The van der Waals surface area contributed by atoms with Crippen molar-refractivity contribution >= 4 is 17.6 Å². The zero-order valence-corrected chi connectivity index (χ0v) is 16.7. The van der Waals surface area contributed by atoms with Gasteiger partial charge < -0.3 is 10.1 Å². The number of benzene rings is 1. The third kappa shape index (κ3) is 3.63. The van der Waals surface area contributed by atoms with E-state index in [1.165, 1.54) is 32.1 Å². The minimum Gasteiger partial charge on any atom is -0.455 e. The van der Waals surface area contributed by atoms with E-state index in [0.29, 0.717) is 17.8 Å². The first kappa shape index (κ1) is 18.5. The van der Waals surface area contributed by atoms with Gasteiger partial charge >= 0.3 is 5.97 Å². The second-order valence-corrected chi connectivity index (χ2v) is 9.31. The second-order valence-electron chi connectivity index (χ2n) is 9.31. The highest BCUT2D eigenvalue weighted by atomic mass is 16.5. The number of anilines is 1. The summed E-state index contributed by atoms with van der Waals surface area (Å²) in [6.45, 7) is 6.02. The van der Waals surface area contributed by atoms with Crippen LogP contribution in [0, 0.1) is 36.5 Å². The first-order valence-corrected chi connectivity index (χ1v) is 10.5. The fourth-order valence-corrected chi connectivity index (χ4v) is 6.06. The van der Waals surface area contributed by atoms with Crippen LogP contribution in [0.25, 0.3) is 0 Å². The molecule has 0 aliphatic heterocycles. The predicted molar refractivity (Wildman–Crippen MR) is 105 cm³/mol. The molecular weight excluding hydrogens is 338 g/mol. The molecule has 4 aliphatic rings. The van der Waals surface area contributed by atoms with Gasteiger partial charge in [0.2, 0.25) is 0 Å². The van der Waals surface area contributed by atoms with Crippen molar-refractivity contribution in [3.63, 3.8) is 0 Å². The second kappa shape index (κ2) is 7.29. The van der Waals surface area contributed by atoms with Crippen molar-refractivity contribution in [1.29, 1.82) is 0 Å². The first-order valence-electron chi connectivity index (χ1n) is 10.5. The van der Waals surface area contributed by atoms with E-state index in [0.717, 1.165) is 28.7 Å². The fraction of sp³-hybridized carbons (Fsp3) is 0.652. The Morgan fingerprint density at radius 2 is 1.70 bits per heavy atom. The van der Waals surface area contributed by atoms with Crippen LogP contribution < -0.4 is 5.32 Å². The number of hydrogen-bond acceptors (Lipinski definition) is 3. The molecule has 27 heavy (non-hydrogen) atoms. The van der Waals surface area contributed by atoms with Crippen molar-refractivity contribution in [1.82, 2.24) is 0 Å². The van der Waals surface area contributed by atoms with Crippen molar-refractivity contribution < 1.29 is 14.3 Å². The van der Waals surface area contributed by atoms with E-state index in [1.54, 1.807) is 0 Å². The molecule has 1 aromatic rings. The fourth-order valence-electron chi connectivity index (χ4n) is 6.06. The van der Waals surface area contributed by atoms with Gasteiger partial charge in [-0.15, -0.1) is 0 Å². The number of rotatable bonds is 5. The zero-order valence-electron chi connectivity index (χ0n) is 16.7. The van der Waals surface area contributed by atoms with Gasteiger partial charge in [0.25, 0.3) is 5.91 Å². The number of ether oxygens (including phenoxy) is 1. The van der Waals surface area contributed by atoms with Crippen molar-refractivity contribution in [2.24, 2.45) is 29.6 Å². The Kier molecular flexibility index (Phi) is 5.00. The number of nitrogens with one attached hydrogen (secondary N) is 1. The highest BCUT2D eigenvalue weighted by Crippen LogP contribution is 2.56. The average Bonchev–Trinajstić information content (AvgIpc) is 2.60. The molecule has 1 N–H and O–H groups in total. The van der Waals surface area contributed by atoms with Crippen molar-refractivity contribution in [2.75, 3.05) is 11.9 Å². The lowest BCUT2D eigenvalue weighted by atomic mass is 9.52. The lowest BCUT2D eigenvalue weighted by molar-refractivity contribution is -0.164. The molecular formula is C23H31NO3. The third-order valence-electron chi connectivity index (χ3n) is 7.04. The smallest absolute Gasteiger partial charge is 0.310 e. The first-order chi connectivity index (χ1) is 12.9. The van der Waals surface area contributed by atoms with Crippen LogP contribution in [0.5, 0.6) is 0 Å². The number of esters is 1. The van der Waals surface area contributed by atoms with E-state index in [9.17, 15) is 9.59 Å². The van der Waals surface area contributed by atoms with Crippen LogP contribution in [0.3, 0.4) is 0 Å². The summed E-state index contributed by atoms with van der Waals surface area (Å²) in [5, 5.41) is 2.97. The Bertz CT molecular complexity index is 711. The lowest BCUT2D eigenvalue weighted by Gasteiger charge is -2.53. The normalized spacial score (nSPS) is 31.2. The van der Waals surface area contributed by atoms with E-state index in [1.807, 2.05) is 25.1 Å². The molecule has 4 nitrogen and oxygen atoms in total. The highest BCUT2D eigenvalue weighted by molar-refractivity contribution is 5.94. The summed E-state index contributed by atoms with van der Waals surface area (Å²) < 4.78 is 5.49. The van der Waals surface area contributed by atoms with E-state index >= 15 is 0 Å². The Morgan fingerprint density at radius 3 is 2.30 bits per heavy atom. The van der Waals surface area contributed by atoms with Gasteiger partial charge in [-0.1, -0.05) is 32.0 Å². The number of amides is 1. The summed E-state index contributed by atoms with van der Waals surface area (Å²) in [6.07, 6.45) is 6.09. The van der Waals surface area contributed by atoms with Crippen LogP contribution in [0.1, 0.15) is 63.0 Å². The molecule has 0 radical (unpaired) electrons. The zero-order chi connectivity index (χ0) is 19.1. The summed E-state index contributed by atoms with van der Waals surface area (Å²) in [6, 6.07) is 6.03. The molecule has 1 aromatic carbocycles.